The van der Waals surface area contributed by atoms with Crippen LogP contribution in [0.5, 0.6) is 5.75 Å². The first kappa shape index (κ1) is 18.3. The topological polar surface area (TPSA) is 24.9 Å². The van der Waals surface area contributed by atoms with Gasteiger partial charge in [0.25, 0.3) is 0 Å². The number of morpholine rings is 1. The van der Waals surface area contributed by atoms with Crippen molar-refractivity contribution >= 4 is 0 Å². The molecule has 3 aliphatic rings. The van der Waals surface area contributed by atoms with Crippen LogP contribution in [0.25, 0.3) is 0 Å². The van der Waals surface area contributed by atoms with Crippen LogP contribution in [0.4, 0.5) is 0 Å². The Bertz CT molecular complexity index is 577. The summed E-state index contributed by atoms with van der Waals surface area (Å²) in [6, 6.07) is 4.52. The number of benzene rings is 1. The molecule has 1 aromatic carbocycles. The molecule has 0 atom stereocenters. The molecule has 0 spiro atoms. The summed E-state index contributed by atoms with van der Waals surface area (Å²) in [5.41, 5.74) is 4.27. The first-order valence-corrected chi connectivity index (χ1v) is 10.5. The number of rotatable bonds is 6. The maximum absolute atomic E-state index is 6.30. The minimum Gasteiger partial charge on any atom is -0.490 e. The number of ether oxygens (including phenoxy) is 2. The van der Waals surface area contributed by atoms with E-state index in [4.69, 9.17) is 9.47 Å². The second-order valence-corrected chi connectivity index (χ2v) is 8.51. The van der Waals surface area contributed by atoms with Gasteiger partial charge >= 0.3 is 0 Å². The molecule has 2 heterocycles. The molecule has 0 N–H and O–H groups in total. The van der Waals surface area contributed by atoms with E-state index >= 15 is 0 Å². The van der Waals surface area contributed by atoms with Gasteiger partial charge in [-0.1, -0.05) is 0 Å². The predicted octanol–water partition coefficient (Wildman–Crippen LogP) is 3.39. The van der Waals surface area contributed by atoms with Crippen molar-refractivity contribution in [2.24, 2.45) is 5.92 Å². The van der Waals surface area contributed by atoms with Gasteiger partial charge < -0.3 is 9.47 Å². The zero-order valence-corrected chi connectivity index (χ0v) is 16.5. The Morgan fingerprint density at radius 2 is 1.62 bits per heavy atom. The number of likely N-dealkylation sites (tertiary alicyclic amines) is 1. The third-order valence-electron chi connectivity index (χ3n) is 6.37. The summed E-state index contributed by atoms with van der Waals surface area (Å²) >= 11 is 0. The fourth-order valence-electron chi connectivity index (χ4n) is 4.70. The minimum atomic E-state index is 0.407. The van der Waals surface area contributed by atoms with Gasteiger partial charge in [-0.15, -0.1) is 0 Å². The van der Waals surface area contributed by atoms with Crippen LogP contribution >= 0.6 is 0 Å². The summed E-state index contributed by atoms with van der Waals surface area (Å²) in [7, 11) is 0. The highest BCUT2D eigenvalue weighted by Gasteiger charge is 2.32. The smallest absolute Gasteiger partial charge is 0.120 e. The number of hydrogen-bond acceptors (Lipinski definition) is 4. The molecule has 0 aromatic heterocycles. The Kier molecular flexibility index (Phi) is 5.82. The minimum absolute atomic E-state index is 0.407. The van der Waals surface area contributed by atoms with Gasteiger partial charge in [0.1, 0.15) is 5.75 Å². The third-order valence-corrected chi connectivity index (χ3v) is 6.37. The van der Waals surface area contributed by atoms with E-state index < -0.39 is 0 Å². The summed E-state index contributed by atoms with van der Waals surface area (Å²) in [6.07, 6.45) is 5.51. The SMILES string of the molecule is Cc1cc(OC2CC(CN3CCOCC3)C2)cc(C)c1CN1CCCC1. The van der Waals surface area contributed by atoms with Gasteiger partial charge in [-0.3, -0.25) is 9.80 Å². The van der Waals surface area contributed by atoms with Crippen molar-refractivity contribution < 1.29 is 9.47 Å². The second kappa shape index (κ2) is 8.28. The lowest BCUT2D eigenvalue weighted by Gasteiger charge is -2.39. The number of hydrogen-bond donors (Lipinski definition) is 0. The van der Waals surface area contributed by atoms with E-state index in [2.05, 4.69) is 35.8 Å². The Balaban J connectivity index is 1.27. The van der Waals surface area contributed by atoms with E-state index in [0.717, 1.165) is 44.5 Å². The van der Waals surface area contributed by atoms with E-state index in [1.165, 1.54) is 62.0 Å². The quantitative estimate of drug-likeness (QED) is 0.778. The van der Waals surface area contributed by atoms with Gasteiger partial charge in [0, 0.05) is 26.2 Å². The van der Waals surface area contributed by atoms with Gasteiger partial charge in [-0.2, -0.15) is 0 Å². The van der Waals surface area contributed by atoms with Crippen LogP contribution in [0.15, 0.2) is 12.1 Å². The van der Waals surface area contributed by atoms with Crippen LogP contribution in [-0.2, 0) is 11.3 Å². The van der Waals surface area contributed by atoms with Crippen LogP contribution < -0.4 is 4.74 Å². The first-order valence-electron chi connectivity index (χ1n) is 10.5. The van der Waals surface area contributed by atoms with Gasteiger partial charge in [0.2, 0.25) is 0 Å². The van der Waals surface area contributed by atoms with Crippen LogP contribution in [0, 0.1) is 19.8 Å². The molecule has 0 bridgehead atoms. The summed E-state index contributed by atoms with van der Waals surface area (Å²) in [5.74, 6) is 1.87. The molecule has 2 aliphatic heterocycles. The molecule has 0 amide bonds. The molecular formula is C22H34N2O2. The number of aryl methyl sites for hydroxylation is 2. The molecule has 26 heavy (non-hydrogen) atoms. The van der Waals surface area contributed by atoms with E-state index in [-0.39, 0.29) is 0 Å². The third kappa shape index (κ3) is 4.41. The molecule has 2 saturated heterocycles. The summed E-state index contributed by atoms with van der Waals surface area (Å²) in [4.78, 5) is 5.13. The molecule has 0 radical (unpaired) electrons. The van der Waals surface area contributed by atoms with E-state index in [1.807, 2.05) is 0 Å². The average Bonchev–Trinajstić information content (AvgIpc) is 3.10. The maximum atomic E-state index is 6.30. The first-order chi connectivity index (χ1) is 12.7. The zero-order chi connectivity index (χ0) is 17.9. The fraction of sp³-hybridized carbons (Fsp3) is 0.727. The highest BCUT2D eigenvalue weighted by atomic mass is 16.5. The predicted molar refractivity (Wildman–Crippen MR) is 105 cm³/mol. The van der Waals surface area contributed by atoms with Crippen molar-refractivity contribution in [3.8, 4) is 5.75 Å². The lowest BCUT2D eigenvalue weighted by molar-refractivity contribution is 0.000113. The standard InChI is InChI=1S/C22H34N2O2/c1-17-11-20(12-18(2)22(17)16-23-5-3-4-6-23)26-21-13-19(14-21)15-24-7-9-25-10-8-24/h11-12,19,21H,3-10,13-16H2,1-2H3. The Labute approximate surface area is 158 Å². The largest absolute Gasteiger partial charge is 0.490 e. The molecule has 4 heteroatoms. The van der Waals surface area contributed by atoms with Crippen molar-refractivity contribution in [2.75, 3.05) is 45.9 Å². The fourth-order valence-corrected chi connectivity index (χ4v) is 4.70. The molecule has 1 saturated carbocycles. The van der Waals surface area contributed by atoms with Gasteiger partial charge in [0.05, 0.1) is 19.3 Å². The average molecular weight is 359 g/mol. The monoisotopic (exact) mass is 358 g/mol. The van der Waals surface area contributed by atoms with Gasteiger partial charge in [-0.05, 0) is 87.4 Å². The van der Waals surface area contributed by atoms with Crippen LogP contribution in [0.3, 0.4) is 0 Å². The van der Waals surface area contributed by atoms with Gasteiger partial charge in [-0.25, -0.2) is 0 Å². The Morgan fingerprint density at radius 1 is 0.962 bits per heavy atom. The van der Waals surface area contributed by atoms with Crippen molar-refractivity contribution in [3.05, 3.63) is 28.8 Å². The summed E-state index contributed by atoms with van der Waals surface area (Å²) < 4.78 is 11.7. The molecule has 144 valence electrons. The summed E-state index contributed by atoms with van der Waals surface area (Å²) in [6.45, 7) is 13.3. The highest BCUT2D eigenvalue weighted by molar-refractivity contribution is 5.41. The van der Waals surface area contributed by atoms with Crippen LogP contribution in [-0.4, -0.2) is 61.8 Å². The zero-order valence-electron chi connectivity index (χ0n) is 16.5. The van der Waals surface area contributed by atoms with Crippen molar-refractivity contribution in [3.63, 3.8) is 0 Å². The number of nitrogens with zero attached hydrogens (tertiary/aromatic N) is 2. The molecular weight excluding hydrogens is 324 g/mol. The highest BCUT2D eigenvalue weighted by Crippen LogP contribution is 2.33. The van der Waals surface area contributed by atoms with Crippen molar-refractivity contribution in [1.29, 1.82) is 0 Å². The normalized spacial score (nSPS) is 27.5. The van der Waals surface area contributed by atoms with Crippen LogP contribution in [0.1, 0.15) is 42.4 Å². The van der Waals surface area contributed by atoms with Crippen LogP contribution in [0.2, 0.25) is 0 Å². The molecule has 1 aromatic rings. The Morgan fingerprint density at radius 3 is 2.27 bits per heavy atom. The lowest BCUT2D eigenvalue weighted by atomic mass is 9.81. The second-order valence-electron chi connectivity index (χ2n) is 8.51. The molecule has 4 rings (SSSR count). The summed E-state index contributed by atoms with van der Waals surface area (Å²) in [5, 5.41) is 0. The lowest BCUT2D eigenvalue weighted by Crippen LogP contribution is -2.45. The molecule has 0 unspecified atom stereocenters. The Hall–Kier alpha value is -1.10. The van der Waals surface area contributed by atoms with Crippen molar-refractivity contribution in [2.45, 2.75) is 52.2 Å². The molecule has 4 nitrogen and oxygen atoms in total. The maximum Gasteiger partial charge on any atom is 0.120 e. The molecule has 1 aliphatic carbocycles. The van der Waals surface area contributed by atoms with Gasteiger partial charge in [0.15, 0.2) is 0 Å². The van der Waals surface area contributed by atoms with E-state index in [1.54, 1.807) is 0 Å². The molecule has 3 fully saturated rings. The van der Waals surface area contributed by atoms with E-state index in [0.29, 0.717) is 6.10 Å². The van der Waals surface area contributed by atoms with Crippen molar-refractivity contribution in [1.82, 2.24) is 9.80 Å². The van der Waals surface area contributed by atoms with E-state index in [9.17, 15) is 0 Å².